The summed E-state index contributed by atoms with van der Waals surface area (Å²) in [5, 5.41) is 8.91. The molecule has 0 spiro atoms. The summed E-state index contributed by atoms with van der Waals surface area (Å²) in [6.45, 7) is 0. The third-order valence-electron chi connectivity index (χ3n) is 3.56. The van der Waals surface area contributed by atoms with Crippen LogP contribution in [0.3, 0.4) is 0 Å². The summed E-state index contributed by atoms with van der Waals surface area (Å²) in [5.74, 6) is -1.35. The van der Waals surface area contributed by atoms with E-state index in [-0.39, 0.29) is 21.3 Å². The van der Waals surface area contributed by atoms with Crippen LogP contribution in [0.2, 0.25) is 5.02 Å². The molecule has 0 fully saturated rings. The highest BCUT2D eigenvalue weighted by Crippen LogP contribution is 2.30. The van der Waals surface area contributed by atoms with Crippen LogP contribution in [-0.4, -0.2) is 13.4 Å². The molecule has 0 aliphatic carbocycles. The second-order valence-corrected chi connectivity index (χ2v) is 7.49. The number of halogens is 3. The lowest BCUT2D eigenvalue weighted by Gasteiger charge is -2.10. The Bertz CT molecular complexity index is 1180. The zero-order valence-electron chi connectivity index (χ0n) is 13.4. The van der Waals surface area contributed by atoms with Crippen molar-refractivity contribution >= 4 is 27.3 Å². The van der Waals surface area contributed by atoms with Crippen LogP contribution in [0.5, 0.6) is 0 Å². The fourth-order valence-electron chi connectivity index (χ4n) is 2.31. The van der Waals surface area contributed by atoms with E-state index in [1.165, 1.54) is 42.5 Å². The molecule has 0 bridgehead atoms. The number of hydrogen-bond donors (Lipinski definition) is 1. The van der Waals surface area contributed by atoms with E-state index < -0.39 is 27.4 Å². The summed E-state index contributed by atoms with van der Waals surface area (Å²) in [4.78, 5) is 3.71. The first-order valence-corrected chi connectivity index (χ1v) is 9.31. The normalized spacial score (nSPS) is 11.0. The van der Waals surface area contributed by atoms with Gasteiger partial charge >= 0.3 is 0 Å². The van der Waals surface area contributed by atoms with Gasteiger partial charge in [-0.25, -0.2) is 22.2 Å². The molecular weight excluding hydrogens is 396 g/mol. The van der Waals surface area contributed by atoms with Gasteiger partial charge in [0.05, 0.1) is 21.3 Å². The number of rotatable bonds is 4. The van der Waals surface area contributed by atoms with E-state index in [2.05, 4.69) is 9.71 Å². The maximum absolute atomic E-state index is 13.4. The number of aromatic nitrogens is 1. The van der Waals surface area contributed by atoms with Crippen LogP contribution in [0.15, 0.2) is 59.5 Å². The molecule has 0 amide bonds. The number of anilines is 1. The van der Waals surface area contributed by atoms with Crippen LogP contribution in [0, 0.1) is 23.0 Å². The van der Waals surface area contributed by atoms with Crippen molar-refractivity contribution in [3.8, 4) is 17.3 Å². The van der Waals surface area contributed by atoms with Crippen LogP contribution in [-0.2, 0) is 10.0 Å². The van der Waals surface area contributed by atoms with Crippen LogP contribution < -0.4 is 4.72 Å². The maximum Gasteiger partial charge on any atom is 0.261 e. The average molecular weight is 406 g/mol. The fraction of sp³-hybridized carbons (Fsp3) is 0. The molecule has 1 aromatic heterocycles. The van der Waals surface area contributed by atoms with Gasteiger partial charge in [-0.15, -0.1) is 0 Å². The van der Waals surface area contributed by atoms with Gasteiger partial charge in [0, 0.05) is 5.56 Å². The Labute approximate surface area is 158 Å². The smallest absolute Gasteiger partial charge is 0.261 e. The summed E-state index contributed by atoms with van der Waals surface area (Å²) in [6.07, 6.45) is 0. The number of nitriles is 1. The maximum atomic E-state index is 13.4. The zero-order valence-corrected chi connectivity index (χ0v) is 15.0. The first-order chi connectivity index (χ1) is 12.8. The molecule has 1 heterocycles. The number of nitrogens with one attached hydrogen (secondary N) is 1. The predicted octanol–water partition coefficient (Wildman–Crippen LogP) is 4.35. The van der Waals surface area contributed by atoms with Crippen LogP contribution >= 0.6 is 11.6 Å². The number of nitrogens with zero attached hydrogens (tertiary/aromatic N) is 2. The van der Waals surface area contributed by atoms with Crippen molar-refractivity contribution in [1.29, 1.82) is 5.26 Å². The summed E-state index contributed by atoms with van der Waals surface area (Å²) in [6, 6.07) is 12.9. The largest absolute Gasteiger partial charge is 0.280 e. The van der Waals surface area contributed by atoms with Gasteiger partial charge in [-0.3, -0.25) is 4.72 Å². The quantitative estimate of drug-likeness (QED) is 0.699. The van der Waals surface area contributed by atoms with Crippen LogP contribution in [0.1, 0.15) is 5.69 Å². The molecule has 0 aliphatic rings. The van der Waals surface area contributed by atoms with Gasteiger partial charge in [0.2, 0.25) is 0 Å². The van der Waals surface area contributed by atoms with Crippen molar-refractivity contribution in [3.05, 3.63) is 76.9 Å². The molecule has 5 nitrogen and oxygen atoms in total. The van der Waals surface area contributed by atoms with E-state index in [0.717, 1.165) is 12.1 Å². The number of pyridine rings is 1. The molecule has 3 aromatic rings. The summed E-state index contributed by atoms with van der Waals surface area (Å²) in [7, 11) is -4.00. The van der Waals surface area contributed by atoms with Crippen molar-refractivity contribution in [1.82, 2.24) is 4.98 Å². The topological polar surface area (TPSA) is 82.8 Å². The molecule has 2 aromatic carbocycles. The highest BCUT2D eigenvalue weighted by Gasteiger charge is 2.18. The third kappa shape index (κ3) is 4.05. The van der Waals surface area contributed by atoms with Gasteiger partial charge in [-0.2, -0.15) is 5.26 Å². The molecule has 3 rings (SSSR count). The Morgan fingerprint density at radius 3 is 2.52 bits per heavy atom. The Balaban J connectivity index is 1.96. The van der Waals surface area contributed by atoms with Crippen molar-refractivity contribution in [3.63, 3.8) is 0 Å². The van der Waals surface area contributed by atoms with Gasteiger partial charge in [0.15, 0.2) is 11.5 Å². The summed E-state index contributed by atoms with van der Waals surface area (Å²) < 4.78 is 53.8. The van der Waals surface area contributed by atoms with E-state index in [1.54, 1.807) is 6.07 Å². The fourth-order valence-corrected chi connectivity index (χ4v) is 3.72. The van der Waals surface area contributed by atoms with Gasteiger partial charge < -0.3 is 0 Å². The van der Waals surface area contributed by atoms with Gasteiger partial charge in [-0.1, -0.05) is 17.7 Å². The van der Waals surface area contributed by atoms with E-state index in [9.17, 15) is 17.2 Å². The average Bonchev–Trinajstić information content (AvgIpc) is 2.62. The van der Waals surface area contributed by atoms with E-state index in [0.29, 0.717) is 5.56 Å². The van der Waals surface area contributed by atoms with Crippen molar-refractivity contribution in [2.45, 2.75) is 4.90 Å². The van der Waals surface area contributed by atoms with Crippen molar-refractivity contribution in [2.24, 2.45) is 0 Å². The molecular formula is C18H10ClF2N3O2S. The Hall–Kier alpha value is -3.02. The molecule has 0 saturated heterocycles. The highest BCUT2D eigenvalue weighted by molar-refractivity contribution is 7.92. The molecule has 0 saturated carbocycles. The zero-order chi connectivity index (χ0) is 19.6. The molecule has 9 heteroatoms. The molecule has 0 unspecified atom stereocenters. The SMILES string of the molecule is N#Cc1nc(-c2ccc(S(=O)(=O)Nc3cccc(F)c3)cc2Cl)ccc1F. The van der Waals surface area contributed by atoms with Gasteiger partial charge in [0.25, 0.3) is 10.0 Å². The Morgan fingerprint density at radius 1 is 1.07 bits per heavy atom. The minimum absolute atomic E-state index is 0.0418. The number of hydrogen-bond acceptors (Lipinski definition) is 4. The van der Waals surface area contributed by atoms with Crippen LogP contribution in [0.25, 0.3) is 11.3 Å². The van der Waals surface area contributed by atoms with Crippen molar-refractivity contribution in [2.75, 3.05) is 4.72 Å². The van der Waals surface area contributed by atoms with Crippen molar-refractivity contribution < 1.29 is 17.2 Å². The minimum Gasteiger partial charge on any atom is -0.280 e. The molecule has 1 N–H and O–H groups in total. The second-order valence-electron chi connectivity index (χ2n) is 5.40. The monoisotopic (exact) mass is 405 g/mol. The van der Waals surface area contributed by atoms with Gasteiger partial charge in [-0.05, 0) is 48.5 Å². The van der Waals surface area contributed by atoms with E-state index in [4.69, 9.17) is 16.9 Å². The molecule has 0 aliphatic heterocycles. The first-order valence-electron chi connectivity index (χ1n) is 7.45. The predicted molar refractivity (Wildman–Crippen MR) is 96.6 cm³/mol. The number of sulfonamides is 1. The molecule has 0 atom stereocenters. The minimum atomic E-state index is -4.00. The first kappa shape index (κ1) is 18.8. The Kier molecular flexibility index (Phi) is 5.08. The summed E-state index contributed by atoms with van der Waals surface area (Å²) in [5.41, 5.74) is 0.222. The lowest BCUT2D eigenvalue weighted by atomic mass is 10.1. The molecule has 136 valence electrons. The van der Waals surface area contributed by atoms with E-state index in [1.807, 2.05) is 0 Å². The van der Waals surface area contributed by atoms with E-state index >= 15 is 0 Å². The lowest BCUT2D eigenvalue weighted by Crippen LogP contribution is -2.13. The summed E-state index contributed by atoms with van der Waals surface area (Å²) >= 11 is 6.16. The molecule has 27 heavy (non-hydrogen) atoms. The highest BCUT2D eigenvalue weighted by atomic mass is 35.5. The number of benzene rings is 2. The third-order valence-corrected chi connectivity index (χ3v) is 5.25. The Morgan fingerprint density at radius 2 is 1.85 bits per heavy atom. The van der Waals surface area contributed by atoms with Gasteiger partial charge in [0.1, 0.15) is 11.9 Å². The van der Waals surface area contributed by atoms with Crippen LogP contribution in [0.4, 0.5) is 14.5 Å². The second kappa shape index (κ2) is 7.31. The standard InChI is InChI=1S/C18H10ClF2N3O2S/c19-15-9-13(27(25,26)24-12-3-1-2-11(20)8-12)4-5-14(15)17-7-6-16(21)18(10-22)23-17/h1-9,24H. The lowest BCUT2D eigenvalue weighted by molar-refractivity contribution is 0.601. The molecule has 0 radical (unpaired) electrons.